The number of ether oxygens (including phenoxy) is 1. The van der Waals surface area contributed by atoms with Crippen LogP contribution >= 0.6 is 11.6 Å². The number of rotatable bonds is 4. The Labute approximate surface area is 170 Å². The van der Waals surface area contributed by atoms with Gasteiger partial charge in [0.1, 0.15) is 0 Å². The molecule has 7 heteroatoms. The van der Waals surface area contributed by atoms with E-state index in [-0.39, 0.29) is 11.9 Å². The molecule has 1 aliphatic rings. The normalized spacial score (nSPS) is 14.5. The molecule has 3 rings (SSSR count). The minimum absolute atomic E-state index is 0.0185. The molecule has 1 saturated heterocycles. The Morgan fingerprint density at radius 1 is 1.04 bits per heavy atom. The summed E-state index contributed by atoms with van der Waals surface area (Å²) in [5.41, 5.74) is 2.27. The van der Waals surface area contributed by atoms with Crippen molar-refractivity contribution in [1.82, 2.24) is 9.80 Å². The molecule has 0 radical (unpaired) electrons. The predicted octanol–water partition coefficient (Wildman–Crippen LogP) is 3.87. The Kier molecular flexibility index (Phi) is 6.90. The van der Waals surface area contributed by atoms with Crippen molar-refractivity contribution in [3.8, 4) is 0 Å². The van der Waals surface area contributed by atoms with Crippen molar-refractivity contribution >= 4 is 29.2 Å². The smallest absolute Gasteiger partial charge is 0.321 e. The molecule has 0 bridgehead atoms. The van der Waals surface area contributed by atoms with Crippen molar-refractivity contribution in [2.45, 2.75) is 13.0 Å². The van der Waals surface area contributed by atoms with Crippen LogP contribution in [0.25, 0.3) is 0 Å². The van der Waals surface area contributed by atoms with Crippen LogP contribution in [0.3, 0.4) is 0 Å². The quantitative estimate of drug-likeness (QED) is 0.846. The monoisotopic (exact) mass is 401 g/mol. The molecular weight excluding hydrogens is 378 g/mol. The number of amides is 3. The fourth-order valence-corrected chi connectivity index (χ4v) is 3.43. The van der Waals surface area contributed by atoms with E-state index in [1.54, 1.807) is 41.2 Å². The number of methoxy groups -OCH3 is 1. The summed E-state index contributed by atoms with van der Waals surface area (Å²) >= 11 is 5.97. The topological polar surface area (TPSA) is 61.9 Å². The van der Waals surface area contributed by atoms with E-state index < -0.39 is 0 Å². The Hall–Kier alpha value is -2.57. The number of halogens is 1. The van der Waals surface area contributed by atoms with Crippen molar-refractivity contribution in [3.63, 3.8) is 0 Å². The van der Waals surface area contributed by atoms with Crippen LogP contribution in [0.2, 0.25) is 5.02 Å². The molecular formula is C21H24ClN3O3. The average molecular weight is 402 g/mol. The molecule has 0 unspecified atom stereocenters. The number of benzene rings is 2. The van der Waals surface area contributed by atoms with Crippen LogP contribution in [0, 0.1) is 0 Å². The van der Waals surface area contributed by atoms with Crippen molar-refractivity contribution in [2.75, 3.05) is 38.6 Å². The van der Waals surface area contributed by atoms with Gasteiger partial charge in [0, 0.05) is 49.6 Å². The molecule has 1 heterocycles. The average Bonchev–Trinajstić information content (AvgIpc) is 2.94. The molecule has 0 atom stereocenters. The summed E-state index contributed by atoms with van der Waals surface area (Å²) in [6.07, 6.45) is 0.729. The third kappa shape index (κ3) is 5.24. The minimum atomic E-state index is -0.182. The van der Waals surface area contributed by atoms with E-state index in [2.05, 4.69) is 5.32 Å². The third-order valence-electron chi connectivity index (χ3n) is 4.63. The number of hydrogen-bond acceptors (Lipinski definition) is 3. The van der Waals surface area contributed by atoms with Crippen molar-refractivity contribution in [3.05, 3.63) is 64.7 Å². The standard InChI is InChI=1S/C21H24ClN3O3/c1-28-15-16-5-2-6-17(13-16)20(26)24-9-4-10-25(12-11-24)21(27)23-19-8-3-7-18(22)14-19/h2-3,5-8,13-14H,4,9-12,15H2,1H3,(H,23,27). The van der Waals surface area contributed by atoms with Crippen LogP contribution < -0.4 is 5.32 Å². The van der Waals surface area contributed by atoms with Gasteiger partial charge in [0.05, 0.1) is 6.61 Å². The van der Waals surface area contributed by atoms with E-state index >= 15 is 0 Å². The first-order chi connectivity index (χ1) is 13.6. The summed E-state index contributed by atoms with van der Waals surface area (Å²) in [7, 11) is 1.63. The van der Waals surface area contributed by atoms with Gasteiger partial charge in [-0.25, -0.2) is 4.79 Å². The molecule has 0 spiro atoms. The van der Waals surface area contributed by atoms with Crippen LogP contribution in [-0.2, 0) is 11.3 Å². The maximum Gasteiger partial charge on any atom is 0.321 e. The lowest BCUT2D eigenvalue weighted by Gasteiger charge is -2.22. The molecule has 1 aliphatic heterocycles. The lowest BCUT2D eigenvalue weighted by atomic mass is 10.1. The highest BCUT2D eigenvalue weighted by atomic mass is 35.5. The summed E-state index contributed by atoms with van der Waals surface area (Å²) in [4.78, 5) is 29.0. The molecule has 0 aromatic heterocycles. The highest BCUT2D eigenvalue weighted by Crippen LogP contribution is 2.16. The Morgan fingerprint density at radius 2 is 1.79 bits per heavy atom. The maximum absolute atomic E-state index is 12.9. The molecule has 3 amide bonds. The SMILES string of the molecule is COCc1cccc(C(=O)N2CCCN(C(=O)Nc3cccc(Cl)c3)CC2)c1. The summed E-state index contributed by atoms with van der Waals surface area (Å²) in [6, 6.07) is 14.3. The second kappa shape index (κ2) is 9.57. The lowest BCUT2D eigenvalue weighted by Crippen LogP contribution is -2.39. The summed E-state index contributed by atoms with van der Waals surface area (Å²) in [5.74, 6) is -0.0185. The van der Waals surface area contributed by atoms with E-state index in [9.17, 15) is 9.59 Å². The molecule has 2 aromatic rings. The first-order valence-corrected chi connectivity index (χ1v) is 9.63. The molecule has 6 nitrogen and oxygen atoms in total. The van der Waals surface area contributed by atoms with Gasteiger partial charge in [0.15, 0.2) is 0 Å². The minimum Gasteiger partial charge on any atom is -0.380 e. The van der Waals surface area contributed by atoms with Gasteiger partial charge >= 0.3 is 6.03 Å². The molecule has 28 heavy (non-hydrogen) atoms. The van der Waals surface area contributed by atoms with Crippen LogP contribution in [0.5, 0.6) is 0 Å². The zero-order valence-electron chi connectivity index (χ0n) is 15.9. The second-order valence-corrected chi connectivity index (χ2v) is 7.14. The third-order valence-corrected chi connectivity index (χ3v) is 4.87. The molecule has 148 valence electrons. The fraction of sp³-hybridized carbons (Fsp3) is 0.333. The summed E-state index contributed by atoms with van der Waals surface area (Å²) in [5, 5.41) is 3.43. The largest absolute Gasteiger partial charge is 0.380 e. The van der Waals surface area contributed by atoms with Gasteiger partial charge < -0.3 is 19.9 Å². The van der Waals surface area contributed by atoms with Crippen LogP contribution in [0.4, 0.5) is 10.5 Å². The van der Waals surface area contributed by atoms with Gasteiger partial charge in [0.2, 0.25) is 0 Å². The zero-order chi connectivity index (χ0) is 19.9. The van der Waals surface area contributed by atoms with E-state index in [1.165, 1.54) is 0 Å². The first kappa shape index (κ1) is 20.2. The number of hydrogen-bond donors (Lipinski definition) is 1. The Balaban J connectivity index is 1.60. The first-order valence-electron chi connectivity index (χ1n) is 9.25. The molecule has 1 fully saturated rings. The number of carbonyl (C=O) groups excluding carboxylic acids is 2. The van der Waals surface area contributed by atoms with Crippen molar-refractivity contribution in [2.24, 2.45) is 0 Å². The number of urea groups is 1. The molecule has 1 N–H and O–H groups in total. The van der Waals surface area contributed by atoms with E-state index in [0.717, 1.165) is 12.0 Å². The van der Waals surface area contributed by atoms with Crippen LogP contribution in [0.15, 0.2) is 48.5 Å². The van der Waals surface area contributed by atoms with E-state index in [1.807, 2.05) is 24.3 Å². The van der Waals surface area contributed by atoms with Crippen molar-refractivity contribution < 1.29 is 14.3 Å². The fourth-order valence-electron chi connectivity index (χ4n) is 3.24. The van der Waals surface area contributed by atoms with Crippen LogP contribution in [0.1, 0.15) is 22.3 Å². The molecule has 0 saturated carbocycles. The zero-order valence-corrected chi connectivity index (χ0v) is 16.6. The Morgan fingerprint density at radius 3 is 2.57 bits per heavy atom. The van der Waals surface area contributed by atoms with Gasteiger partial charge in [-0.05, 0) is 42.3 Å². The number of nitrogens with zero attached hydrogens (tertiary/aromatic N) is 2. The van der Waals surface area contributed by atoms with Gasteiger partial charge in [-0.15, -0.1) is 0 Å². The molecule has 2 aromatic carbocycles. The van der Waals surface area contributed by atoms with Crippen molar-refractivity contribution in [1.29, 1.82) is 0 Å². The van der Waals surface area contributed by atoms with Gasteiger partial charge in [0.25, 0.3) is 5.91 Å². The van der Waals surface area contributed by atoms with Gasteiger partial charge in [-0.1, -0.05) is 29.8 Å². The number of anilines is 1. The molecule has 0 aliphatic carbocycles. The van der Waals surface area contributed by atoms with Gasteiger partial charge in [-0.2, -0.15) is 0 Å². The second-order valence-electron chi connectivity index (χ2n) is 6.71. The highest BCUT2D eigenvalue weighted by molar-refractivity contribution is 6.30. The lowest BCUT2D eigenvalue weighted by molar-refractivity contribution is 0.0762. The number of carbonyl (C=O) groups is 2. The maximum atomic E-state index is 12.9. The highest BCUT2D eigenvalue weighted by Gasteiger charge is 2.23. The number of nitrogens with one attached hydrogen (secondary N) is 1. The summed E-state index contributed by atoms with van der Waals surface area (Å²) < 4.78 is 5.14. The van der Waals surface area contributed by atoms with E-state index in [0.29, 0.717) is 49.1 Å². The Bertz CT molecular complexity index is 843. The summed E-state index contributed by atoms with van der Waals surface area (Å²) in [6.45, 7) is 2.67. The van der Waals surface area contributed by atoms with Crippen LogP contribution in [-0.4, -0.2) is 55.0 Å². The van der Waals surface area contributed by atoms with Gasteiger partial charge in [-0.3, -0.25) is 4.79 Å². The van der Waals surface area contributed by atoms with E-state index in [4.69, 9.17) is 16.3 Å². The predicted molar refractivity (Wildman–Crippen MR) is 110 cm³/mol.